The smallest absolute Gasteiger partial charge is 0.408 e. The minimum Gasteiger partial charge on any atom is -0.408 e. The maximum atomic E-state index is 11.1. The van der Waals surface area contributed by atoms with E-state index in [0.717, 1.165) is 0 Å². The van der Waals surface area contributed by atoms with Crippen LogP contribution in [0.3, 0.4) is 0 Å². The summed E-state index contributed by atoms with van der Waals surface area (Å²) in [5, 5.41) is 0.786. The first-order valence-electron chi connectivity index (χ1n) is 3.54. The lowest BCUT2D eigenvalue weighted by Crippen LogP contribution is -2.08. The minimum atomic E-state index is -0.423. The fourth-order valence-electron chi connectivity index (χ4n) is 1.12. The molecule has 0 spiro atoms. The monoisotopic (exact) mass is 217 g/mol. The Hall–Kier alpha value is -0.930. The van der Waals surface area contributed by atoms with Gasteiger partial charge in [0, 0.05) is 13.1 Å². The SMILES string of the molecule is Cn1c(=O)oc2cc(Cl)c(Cl)cc21. The molecule has 68 valence electrons. The number of fused-ring (bicyclic) bond motifs is 1. The maximum Gasteiger partial charge on any atom is 0.419 e. The van der Waals surface area contributed by atoms with Crippen LogP contribution in [0.4, 0.5) is 0 Å². The standard InChI is InChI=1S/C8H5Cl2NO2/c1-11-6-2-4(9)5(10)3-7(6)13-8(11)12/h2-3H,1H3. The predicted octanol–water partition coefficient (Wildman–Crippen LogP) is 2.44. The molecule has 1 aromatic carbocycles. The van der Waals surface area contributed by atoms with Crippen LogP contribution in [0, 0.1) is 0 Å². The Bertz CT molecular complexity index is 527. The van der Waals surface area contributed by atoms with Crippen LogP contribution in [-0.4, -0.2) is 4.57 Å². The number of benzene rings is 1. The molecule has 5 heteroatoms. The number of nitrogens with zero attached hydrogens (tertiary/aromatic N) is 1. The summed E-state index contributed by atoms with van der Waals surface area (Å²) in [6.45, 7) is 0. The second-order valence-corrected chi connectivity index (χ2v) is 3.48. The highest BCUT2D eigenvalue weighted by molar-refractivity contribution is 6.42. The highest BCUT2D eigenvalue weighted by Gasteiger charge is 2.08. The Morgan fingerprint density at radius 3 is 2.62 bits per heavy atom. The molecule has 0 aliphatic heterocycles. The molecule has 0 aliphatic carbocycles. The van der Waals surface area contributed by atoms with Gasteiger partial charge in [-0.25, -0.2) is 4.79 Å². The molecule has 0 saturated carbocycles. The third-order valence-electron chi connectivity index (χ3n) is 1.83. The minimum absolute atomic E-state index is 0.378. The topological polar surface area (TPSA) is 35.1 Å². The van der Waals surface area contributed by atoms with Crippen molar-refractivity contribution in [3.63, 3.8) is 0 Å². The van der Waals surface area contributed by atoms with E-state index in [0.29, 0.717) is 21.1 Å². The highest BCUT2D eigenvalue weighted by Crippen LogP contribution is 2.26. The second kappa shape index (κ2) is 2.79. The number of aromatic nitrogens is 1. The number of aryl methyl sites for hydroxylation is 1. The highest BCUT2D eigenvalue weighted by atomic mass is 35.5. The normalized spacial score (nSPS) is 11.0. The van der Waals surface area contributed by atoms with Crippen LogP contribution in [0.5, 0.6) is 0 Å². The van der Waals surface area contributed by atoms with Crippen LogP contribution in [-0.2, 0) is 7.05 Å². The van der Waals surface area contributed by atoms with Gasteiger partial charge >= 0.3 is 5.76 Å². The van der Waals surface area contributed by atoms with Crippen molar-refractivity contribution >= 4 is 34.3 Å². The number of halogens is 2. The molecule has 0 bridgehead atoms. The van der Waals surface area contributed by atoms with Gasteiger partial charge in [0.2, 0.25) is 0 Å². The van der Waals surface area contributed by atoms with Crippen molar-refractivity contribution in [1.82, 2.24) is 4.57 Å². The number of hydrogen-bond donors (Lipinski definition) is 0. The molecule has 13 heavy (non-hydrogen) atoms. The van der Waals surface area contributed by atoms with Crippen molar-refractivity contribution in [2.45, 2.75) is 0 Å². The van der Waals surface area contributed by atoms with Crippen LogP contribution in [0.2, 0.25) is 10.0 Å². The fourth-order valence-corrected chi connectivity index (χ4v) is 1.43. The van der Waals surface area contributed by atoms with Gasteiger partial charge in [0.15, 0.2) is 5.58 Å². The molecule has 0 N–H and O–H groups in total. The summed E-state index contributed by atoms with van der Waals surface area (Å²) >= 11 is 11.5. The van der Waals surface area contributed by atoms with E-state index in [1.165, 1.54) is 10.6 Å². The molecule has 0 radical (unpaired) electrons. The van der Waals surface area contributed by atoms with Crippen LogP contribution < -0.4 is 5.76 Å². The van der Waals surface area contributed by atoms with Gasteiger partial charge in [0.05, 0.1) is 15.6 Å². The summed E-state index contributed by atoms with van der Waals surface area (Å²) in [7, 11) is 1.61. The molecule has 0 saturated heterocycles. The molecule has 2 aromatic rings. The van der Waals surface area contributed by atoms with Crippen molar-refractivity contribution in [2.24, 2.45) is 7.05 Å². The average Bonchev–Trinajstić information content (AvgIpc) is 2.32. The van der Waals surface area contributed by atoms with Gasteiger partial charge < -0.3 is 4.42 Å². The Labute approximate surface area is 83.5 Å². The van der Waals surface area contributed by atoms with E-state index >= 15 is 0 Å². The largest absolute Gasteiger partial charge is 0.419 e. The number of oxazole rings is 1. The van der Waals surface area contributed by atoms with E-state index in [9.17, 15) is 4.79 Å². The van der Waals surface area contributed by atoms with E-state index in [1.807, 2.05) is 0 Å². The van der Waals surface area contributed by atoms with E-state index in [4.69, 9.17) is 27.6 Å². The van der Waals surface area contributed by atoms with Gasteiger partial charge in [-0.15, -0.1) is 0 Å². The summed E-state index contributed by atoms with van der Waals surface area (Å²) < 4.78 is 6.27. The molecule has 0 fully saturated rings. The predicted molar refractivity (Wildman–Crippen MR) is 51.5 cm³/mol. The van der Waals surface area contributed by atoms with Gasteiger partial charge in [-0.05, 0) is 6.07 Å². The lowest BCUT2D eigenvalue weighted by Gasteiger charge is -1.95. The van der Waals surface area contributed by atoms with E-state index < -0.39 is 5.76 Å². The van der Waals surface area contributed by atoms with Crippen LogP contribution >= 0.6 is 23.2 Å². The Kier molecular flexibility index (Phi) is 1.86. The zero-order valence-corrected chi connectivity index (χ0v) is 8.19. The van der Waals surface area contributed by atoms with Crippen molar-refractivity contribution in [2.75, 3.05) is 0 Å². The summed E-state index contributed by atoms with van der Waals surface area (Å²) in [6.07, 6.45) is 0. The summed E-state index contributed by atoms with van der Waals surface area (Å²) in [5.41, 5.74) is 1.08. The van der Waals surface area contributed by atoms with E-state index in [2.05, 4.69) is 0 Å². The van der Waals surface area contributed by atoms with Gasteiger partial charge in [-0.1, -0.05) is 23.2 Å². The lowest BCUT2D eigenvalue weighted by atomic mass is 10.3. The zero-order valence-electron chi connectivity index (χ0n) is 6.67. The molecule has 1 aromatic heterocycles. The van der Waals surface area contributed by atoms with Crippen molar-refractivity contribution < 1.29 is 4.42 Å². The summed E-state index contributed by atoms with van der Waals surface area (Å²) in [5.74, 6) is -0.423. The van der Waals surface area contributed by atoms with Crippen LogP contribution in [0.15, 0.2) is 21.3 Å². The summed E-state index contributed by atoms with van der Waals surface area (Å²) in [6, 6.07) is 3.13. The Morgan fingerprint density at radius 2 is 1.92 bits per heavy atom. The van der Waals surface area contributed by atoms with Crippen molar-refractivity contribution in [3.8, 4) is 0 Å². The average molecular weight is 218 g/mol. The van der Waals surface area contributed by atoms with E-state index in [1.54, 1.807) is 13.1 Å². The second-order valence-electron chi connectivity index (χ2n) is 2.66. The van der Waals surface area contributed by atoms with Crippen LogP contribution in [0.25, 0.3) is 11.1 Å². The molecule has 0 aliphatic rings. The fraction of sp³-hybridized carbons (Fsp3) is 0.125. The zero-order chi connectivity index (χ0) is 9.59. The lowest BCUT2D eigenvalue weighted by molar-refractivity contribution is 0.528. The quantitative estimate of drug-likeness (QED) is 0.680. The molecule has 0 atom stereocenters. The number of rotatable bonds is 0. The molecule has 3 nitrogen and oxygen atoms in total. The Balaban J connectivity index is 2.97. The number of hydrogen-bond acceptors (Lipinski definition) is 2. The van der Waals surface area contributed by atoms with Crippen LogP contribution in [0.1, 0.15) is 0 Å². The van der Waals surface area contributed by atoms with E-state index in [-0.39, 0.29) is 0 Å². The first-order chi connectivity index (χ1) is 6.09. The molecule has 0 amide bonds. The first-order valence-corrected chi connectivity index (χ1v) is 4.30. The van der Waals surface area contributed by atoms with Gasteiger partial charge in [-0.2, -0.15) is 0 Å². The summed E-state index contributed by atoms with van der Waals surface area (Å²) in [4.78, 5) is 11.1. The van der Waals surface area contributed by atoms with Gasteiger partial charge in [0.1, 0.15) is 0 Å². The molecular formula is C8H5Cl2NO2. The van der Waals surface area contributed by atoms with Crippen molar-refractivity contribution in [1.29, 1.82) is 0 Å². The Morgan fingerprint density at radius 1 is 1.31 bits per heavy atom. The third-order valence-corrected chi connectivity index (χ3v) is 2.56. The maximum absolute atomic E-state index is 11.1. The molecule has 2 rings (SSSR count). The van der Waals surface area contributed by atoms with Gasteiger partial charge in [-0.3, -0.25) is 4.57 Å². The third kappa shape index (κ3) is 1.24. The molecule has 1 heterocycles. The molecular weight excluding hydrogens is 213 g/mol. The van der Waals surface area contributed by atoms with Crippen molar-refractivity contribution in [3.05, 3.63) is 32.7 Å². The first kappa shape index (κ1) is 8.66. The molecule has 0 unspecified atom stereocenters. The van der Waals surface area contributed by atoms with Gasteiger partial charge in [0.25, 0.3) is 0 Å².